The highest BCUT2D eigenvalue weighted by Crippen LogP contribution is 2.18. The third-order valence-electron chi connectivity index (χ3n) is 4.01. The van der Waals surface area contributed by atoms with E-state index in [1.54, 1.807) is 0 Å². The molecule has 0 bridgehead atoms. The summed E-state index contributed by atoms with van der Waals surface area (Å²) in [7, 11) is 0. The van der Waals surface area contributed by atoms with Crippen LogP contribution in [0.1, 0.15) is 40.4 Å². The molecular formula is C16H25ClN2O. The van der Waals surface area contributed by atoms with Crippen molar-refractivity contribution in [3.8, 4) is 0 Å². The Bertz CT molecular complexity index is 464. The molecule has 2 unspecified atom stereocenters. The monoisotopic (exact) mass is 296 g/mol. The topological polar surface area (TPSA) is 41.1 Å². The van der Waals surface area contributed by atoms with Crippen molar-refractivity contribution in [2.45, 2.75) is 40.2 Å². The molecule has 1 amide bonds. The van der Waals surface area contributed by atoms with Gasteiger partial charge < -0.3 is 10.6 Å². The zero-order valence-electron chi connectivity index (χ0n) is 12.7. The van der Waals surface area contributed by atoms with Crippen molar-refractivity contribution in [2.24, 2.45) is 5.92 Å². The molecule has 1 aromatic rings. The number of amides is 1. The number of aryl methyl sites for hydroxylation is 3. The molecular weight excluding hydrogens is 272 g/mol. The first-order valence-electron chi connectivity index (χ1n) is 7.08. The molecule has 0 saturated carbocycles. The van der Waals surface area contributed by atoms with Crippen molar-refractivity contribution >= 4 is 18.3 Å². The Kier molecular flexibility index (Phi) is 6.03. The van der Waals surface area contributed by atoms with Gasteiger partial charge in [0, 0.05) is 11.6 Å². The normalized spacial score (nSPS) is 22.0. The third kappa shape index (κ3) is 3.74. The summed E-state index contributed by atoms with van der Waals surface area (Å²) in [6, 6.07) is 4.44. The molecule has 1 aliphatic rings. The van der Waals surface area contributed by atoms with Crippen LogP contribution in [0.5, 0.6) is 0 Å². The average Bonchev–Trinajstić information content (AvgIpc) is 2.30. The van der Waals surface area contributed by atoms with Gasteiger partial charge in [0.05, 0.1) is 0 Å². The zero-order valence-corrected chi connectivity index (χ0v) is 13.6. The van der Waals surface area contributed by atoms with Crippen molar-refractivity contribution in [1.29, 1.82) is 0 Å². The lowest BCUT2D eigenvalue weighted by molar-refractivity contribution is 0.0913. The number of halogens is 1. The van der Waals surface area contributed by atoms with Crippen molar-refractivity contribution in [3.05, 3.63) is 34.4 Å². The van der Waals surface area contributed by atoms with Gasteiger partial charge in [0.25, 0.3) is 5.91 Å². The first-order valence-corrected chi connectivity index (χ1v) is 7.08. The van der Waals surface area contributed by atoms with E-state index in [9.17, 15) is 4.79 Å². The fourth-order valence-electron chi connectivity index (χ4n) is 3.01. The molecule has 4 heteroatoms. The summed E-state index contributed by atoms with van der Waals surface area (Å²) < 4.78 is 0. The molecule has 0 aromatic heterocycles. The SMILES string of the molecule is Cc1cc(C)c(C(=O)NC2CCNCC2C)c(C)c1.Cl. The molecule has 0 radical (unpaired) electrons. The van der Waals surface area contributed by atoms with E-state index in [2.05, 4.69) is 36.6 Å². The standard InChI is InChI=1S/C16H24N2O.ClH/c1-10-7-11(2)15(12(3)8-10)16(19)18-14-5-6-17-9-13(14)4;/h7-8,13-14,17H,5-6,9H2,1-4H3,(H,18,19);1H. The maximum atomic E-state index is 12.5. The second kappa shape index (κ2) is 7.09. The van der Waals surface area contributed by atoms with Gasteiger partial charge in [-0.25, -0.2) is 0 Å². The number of piperidine rings is 1. The Balaban J connectivity index is 0.00000200. The molecule has 1 fully saturated rings. The van der Waals surface area contributed by atoms with Gasteiger partial charge in [0.15, 0.2) is 0 Å². The second-order valence-corrected chi connectivity index (χ2v) is 5.82. The van der Waals surface area contributed by atoms with Gasteiger partial charge in [-0.05, 0) is 57.3 Å². The molecule has 1 saturated heterocycles. The third-order valence-corrected chi connectivity index (χ3v) is 4.01. The Morgan fingerprint density at radius 2 is 1.85 bits per heavy atom. The van der Waals surface area contributed by atoms with E-state index >= 15 is 0 Å². The van der Waals surface area contributed by atoms with Gasteiger partial charge in [0.2, 0.25) is 0 Å². The average molecular weight is 297 g/mol. The molecule has 1 aliphatic heterocycles. The van der Waals surface area contributed by atoms with Crippen LogP contribution in [-0.2, 0) is 0 Å². The number of benzene rings is 1. The predicted molar refractivity (Wildman–Crippen MR) is 85.8 cm³/mol. The van der Waals surface area contributed by atoms with Gasteiger partial charge in [-0.2, -0.15) is 0 Å². The maximum Gasteiger partial charge on any atom is 0.252 e. The van der Waals surface area contributed by atoms with Crippen LogP contribution in [0, 0.1) is 26.7 Å². The van der Waals surface area contributed by atoms with Crippen LogP contribution in [0.15, 0.2) is 12.1 Å². The molecule has 2 N–H and O–H groups in total. The van der Waals surface area contributed by atoms with E-state index in [-0.39, 0.29) is 24.4 Å². The minimum Gasteiger partial charge on any atom is -0.349 e. The summed E-state index contributed by atoms with van der Waals surface area (Å²) in [5.41, 5.74) is 4.19. The summed E-state index contributed by atoms with van der Waals surface area (Å²) in [5, 5.41) is 6.56. The lowest BCUT2D eigenvalue weighted by atomic mass is 9.93. The highest BCUT2D eigenvalue weighted by atomic mass is 35.5. The molecule has 20 heavy (non-hydrogen) atoms. The molecule has 0 spiro atoms. The molecule has 1 aromatic carbocycles. The Labute approximate surface area is 127 Å². The highest BCUT2D eigenvalue weighted by Gasteiger charge is 2.24. The summed E-state index contributed by atoms with van der Waals surface area (Å²) in [6.07, 6.45) is 1.01. The van der Waals surface area contributed by atoms with Gasteiger partial charge in [0.1, 0.15) is 0 Å². The number of nitrogens with one attached hydrogen (secondary N) is 2. The Hall–Kier alpha value is -1.06. The minimum absolute atomic E-state index is 0. The van der Waals surface area contributed by atoms with Gasteiger partial charge >= 0.3 is 0 Å². The molecule has 2 rings (SSSR count). The molecule has 1 heterocycles. The van der Waals surface area contributed by atoms with Crippen LogP contribution < -0.4 is 10.6 Å². The maximum absolute atomic E-state index is 12.5. The fraction of sp³-hybridized carbons (Fsp3) is 0.562. The Morgan fingerprint density at radius 3 is 2.40 bits per heavy atom. The fourth-order valence-corrected chi connectivity index (χ4v) is 3.01. The lowest BCUT2D eigenvalue weighted by Crippen LogP contribution is -2.48. The molecule has 112 valence electrons. The first-order chi connectivity index (χ1) is 8.99. The summed E-state index contributed by atoms with van der Waals surface area (Å²) in [4.78, 5) is 12.5. The van der Waals surface area contributed by atoms with Gasteiger partial charge in [-0.1, -0.05) is 24.6 Å². The van der Waals surface area contributed by atoms with Crippen LogP contribution in [0.3, 0.4) is 0 Å². The second-order valence-electron chi connectivity index (χ2n) is 5.82. The van der Waals surface area contributed by atoms with Crippen LogP contribution >= 0.6 is 12.4 Å². The van der Waals surface area contributed by atoms with E-state index in [0.29, 0.717) is 5.92 Å². The van der Waals surface area contributed by atoms with E-state index in [0.717, 1.165) is 36.2 Å². The Morgan fingerprint density at radius 1 is 1.25 bits per heavy atom. The smallest absolute Gasteiger partial charge is 0.252 e. The number of rotatable bonds is 2. The van der Waals surface area contributed by atoms with E-state index in [1.807, 2.05) is 13.8 Å². The van der Waals surface area contributed by atoms with Crippen molar-refractivity contribution in [2.75, 3.05) is 13.1 Å². The van der Waals surface area contributed by atoms with E-state index in [1.165, 1.54) is 5.56 Å². The van der Waals surface area contributed by atoms with Crippen LogP contribution in [0.2, 0.25) is 0 Å². The number of hydrogen-bond acceptors (Lipinski definition) is 2. The van der Waals surface area contributed by atoms with E-state index < -0.39 is 0 Å². The predicted octanol–water partition coefficient (Wildman–Crippen LogP) is 2.76. The summed E-state index contributed by atoms with van der Waals surface area (Å²) in [6.45, 7) is 10.3. The lowest BCUT2D eigenvalue weighted by Gasteiger charge is -2.30. The summed E-state index contributed by atoms with van der Waals surface area (Å²) in [5.74, 6) is 0.567. The summed E-state index contributed by atoms with van der Waals surface area (Å²) >= 11 is 0. The van der Waals surface area contributed by atoms with Gasteiger partial charge in [-0.3, -0.25) is 4.79 Å². The van der Waals surface area contributed by atoms with Crippen molar-refractivity contribution in [1.82, 2.24) is 10.6 Å². The van der Waals surface area contributed by atoms with Crippen molar-refractivity contribution in [3.63, 3.8) is 0 Å². The van der Waals surface area contributed by atoms with Crippen LogP contribution in [0.4, 0.5) is 0 Å². The first kappa shape index (κ1) is 17.0. The molecule has 2 atom stereocenters. The highest BCUT2D eigenvalue weighted by molar-refractivity contribution is 5.97. The van der Waals surface area contributed by atoms with Gasteiger partial charge in [-0.15, -0.1) is 12.4 Å². The molecule has 3 nitrogen and oxygen atoms in total. The van der Waals surface area contributed by atoms with Crippen LogP contribution in [-0.4, -0.2) is 25.0 Å². The number of hydrogen-bond donors (Lipinski definition) is 2. The largest absolute Gasteiger partial charge is 0.349 e. The number of carbonyl (C=O) groups is 1. The number of carbonyl (C=O) groups excluding carboxylic acids is 1. The zero-order chi connectivity index (χ0) is 14.0. The van der Waals surface area contributed by atoms with Crippen molar-refractivity contribution < 1.29 is 4.79 Å². The van der Waals surface area contributed by atoms with Crippen LogP contribution in [0.25, 0.3) is 0 Å². The minimum atomic E-state index is 0. The van der Waals surface area contributed by atoms with E-state index in [4.69, 9.17) is 0 Å². The quantitative estimate of drug-likeness (QED) is 0.881. The molecule has 0 aliphatic carbocycles.